The predicted molar refractivity (Wildman–Crippen MR) is 74.2 cm³/mol. The molecule has 0 saturated heterocycles. The van der Waals surface area contributed by atoms with Crippen LogP contribution in [0, 0.1) is 5.92 Å². The van der Waals surface area contributed by atoms with Crippen molar-refractivity contribution in [2.45, 2.75) is 78.9 Å². The highest BCUT2D eigenvalue weighted by molar-refractivity contribution is 4.68. The van der Waals surface area contributed by atoms with Crippen LogP contribution < -0.4 is 0 Å². The van der Waals surface area contributed by atoms with E-state index in [0.717, 1.165) is 26.1 Å². The molecule has 17 heavy (non-hydrogen) atoms. The minimum atomic E-state index is -0.401. The van der Waals surface area contributed by atoms with E-state index in [0.29, 0.717) is 5.92 Å². The first-order chi connectivity index (χ1) is 8.06. The van der Waals surface area contributed by atoms with E-state index in [9.17, 15) is 0 Å². The Morgan fingerprint density at radius 3 is 1.53 bits per heavy atom. The standard InChI is InChI=1S/C15H32O2/c1-6-8-10-12-16-15(5,14(3)4)17-13-11-9-7-2/h14H,6-13H2,1-5H3. The first-order valence-corrected chi connectivity index (χ1v) is 7.34. The van der Waals surface area contributed by atoms with Gasteiger partial charge in [-0.05, 0) is 19.8 Å². The summed E-state index contributed by atoms with van der Waals surface area (Å²) < 4.78 is 11.9. The van der Waals surface area contributed by atoms with Crippen LogP contribution in [0.15, 0.2) is 0 Å². The third kappa shape index (κ3) is 7.77. The molecule has 0 N–H and O–H groups in total. The number of rotatable bonds is 11. The third-order valence-corrected chi connectivity index (χ3v) is 3.32. The van der Waals surface area contributed by atoms with Crippen LogP contribution in [0.4, 0.5) is 0 Å². The molecular formula is C15H32O2. The van der Waals surface area contributed by atoms with Gasteiger partial charge in [0.15, 0.2) is 5.79 Å². The van der Waals surface area contributed by atoms with Gasteiger partial charge in [-0.25, -0.2) is 0 Å². The maximum absolute atomic E-state index is 5.95. The van der Waals surface area contributed by atoms with Gasteiger partial charge in [0.05, 0.1) is 13.2 Å². The molecule has 0 aliphatic rings. The summed E-state index contributed by atoms with van der Waals surface area (Å²) in [4.78, 5) is 0. The van der Waals surface area contributed by atoms with Crippen LogP contribution in [-0.2, 0) is 9.47 Å². The van der Waals surface area contributed by atoms with Crippen LogP contribution in [0.2, 0.25) is 0 Å². The summed E-state index contributed by atoms with van der Waals surface area (Å²) in [6.07, 6.45) is 7.22. The summed E-state index contributed by atoms with van der Waals surface area (Å²) in [6.45, 7) is 12.5. The second kappa shape index (κ2) is 9.90. The molecule has 0 aromatic heterocycles. The molecular weight excluding hydrogens is 212 g/mol. The smallest absolute Gasteiger partial charge is 0.167 e. The molecule has 0 fully saturated rings. The second-order valence-corrected chi connectivity index (χ2v) is 5.28. The molecule has 0 aliphatic heterocycles. The fourth-order valence-electron chi connectivity index (χ4n) is 1.63. The molecule has 0 rings (SSSR count). The Kier molecular flexibility index (Phi) is 9.85. The molecule has 0 spiro atoms. The van der Waals surface area contributed by atoms with E-state index in [2.05, 4.69) is 34.6 Å². The molecule has 104 valence electrons. The number of unbranched alkanes of at least 4 members (excludes halogenated alkanes) is 4. The van der Waals surface area contributed by atoms with Gasteiger partial charge >= 0.3 is 0 Å². The zero-order valence-electron chi connectivity index (χ0n) is 12.6. The van der Waals surface area contributed by atoms with Crippen LogP contribution in [-0.4, -0.2) is 19.0 Å². The summed E-state index contributed by atoms with van der Waals surface area (Å²) in [5.41, 5.74) is 0. The van der Waals surface area contributed by atoms with E-state index in [1.165, 1.54) is 25.7 Å². The average molecular weight is 244 g/mol. The average Bonchev–Trinajstić information content (AvgIpc) is 2.30. The second-order valence-electron chi connectivity index (χ2n) is 5.28. The zero-order chi connectivity index (χ0) is 13.1. The molecule has 0 amide bonds. The van der Waals surface area contributed by atoms with E-state index in [4.69, 9.17) is 9.47 Å². The molecule has 0 aromatic rings. The summed E-state index contributed by atoms with van der Waals surface area (Å²) in [5, 5.41) is 0. The Labute approximate surface area is 108 Å². The summed E-state index contributed by atoms with van der Waals surface area (Å²) in [5.74, 6) is -0.00709. The zero-order valence-corrected chi connectivity index (χ0v) is 12.6. The molecule has 0 atom stereocenters. The van der Waals surface area contributed by atoms with Crippen molar-refractivity contribution in [1.82, 2.24) is 0 Å². The molecule has 0 bridgehead atoms. The van der Waals surface area contributed by atoms with E-state index in [1.54, 1.807) is 0 Å². The largest absolute Gasteiger partial charge is 0.350 e. The fourth-order valence-corrected chi connectivity index (χ4v) is 1.63. The van der Waals surface area contributed by atoms with Gasteiger partial charge in [-0.2, -0.15) is 0 Å². The quantitative estimate of drug-likeness (QED) is 0.385. The highest BCUT2D eigenvalue weighted by Crippen LogP contribution is 2.24. The summed E-state index contributed by atoms with van der Waals surface area (Å²) in [6, 6.07) is 0. The van der Waals surface area contributed by atoms with Gasteiger partial charge in [-0.1, -0.05) is 53.4 Å². The van der Waals surface area contributed by atoms with Gasteiger partial charge in [0.2, 0.25) is 0 Å². The Bertz CT molecular complexity index is 154. The highest BCUT2D eigenvalue weighted by Gasteiger charge is 2.29. The highest BCUT2D eigenvalue weighted by atomic mass is 16.7. The first-order valence-electron chi connectivity index (χ1n) is 7.34. The van der Waals surface area contributed by atoms with Crippen molar-refractivity contribution in [3.8, 4) is 0 Å². The van der Waals surface area contributed by atoms with E-state index < -0.39 is 5.79 Å². The third-order valence-electron chi connectivity index (χ3n) is 3.32. The first kappa shape index (κ1) is 16.9. The molecule has 0 radical (unpaired) electrons. The van der Waals surface area contributed by atoms with Gasteiger partial charge < -0.3 is 9.47 Å². The van der Waals surface area contributed by atoms with Crippen LogP contribution in [0.3, 0.4) is 0 Å². The van der Waals surface area contributed by atoms with Crippen molar-refractivity contribution < 1.29 is 9.47 Å². The molecule has 0 unspecified atom stereocenters. The monoisotopic (exact) mass is 244 g/mol. The Balaban J connectivity index is 3.90. The lowest BCUT2D eigenvalue weighted by atomic mass is 10.0. The number of hydrogen-bond acceptors (Lipinski definition) is 2. The topological polar surface area (TPSA) is 18.5 Å². The van der Waals surface area contributed by atoms with Crippen LogP contribution in [0.5, 0.6) is 0 Å². The molecule has 0 saturated carbocycles. The van der Waals surface area contributed by atoms with Crippen LogP contribution >= 0.6 is 0 Å². The van der Waals surface area contributed by atoms with Gasteiger partial charge in [0.25, 0.3) is 0 Å². The normalized spacial score (nSPS) is 12.4. The van der Waals surface area contributed by atoms with Gasteiger partial charge in [0, 0.05) is 5.92 Å². The van der Waals surface area contributed by atoms with Crippen molar-refractivity contribution in [3.63, 3.8) is 0 Å². The van der Waals surface area contributed by atoms with E-state index in [1.807, 2.05) is 0 Å². The van der Waals surface area contributed by atoms with Gasteiger partial charge in [-0.3, -0.25) is 0 Å². The van der Waals surface area contributed by atoms with Crippen LogP contribution in [0.25, 0.3) is 0 Å². The Morgan fingerprint density at radius 1 is 0.824 bits per heavy atom. The summed E-state index contributed by atoms with van der Waals surface area (Å²) >= 11 is 0. The molecule has 2 heteroatoms. The predicted octanol–water partition coefficient (Wildman–Crippen LogP) is 4.77. The minimum Gasteiger partial charge on any atom is -0.350 e. The maximum atomic E-state index is 5.95. The lowest BCUT2D eigenvalue weighted by molar-refractivity contribution is -0.250. The Morgan fingerprint density at radius 2 is 1.24 bits per heavy atom. The van der Waals surface area contributed by atoms with Crippen LogP contribution in [0.1, 0.15) is 73.1 Å². The van der Waals surface area contributed by atoms with E-state index >= 15 is 0 Å². The molecule has 2 nitrogen and oxygen atoms in total. The van der Waals surface area contributed by atoms with E-state index in [-0.39, 0.29) is 0 Å². The van der Waals surface area contributed by atoms with Crippen molar-refractivity contribution in [3.05, 3.63) is 0 Å². The maximum Gasteiger partial charge on any atom is 0.167 e. The molecule has 0 aromatic carbocycles. The Hall–Kier alpha value is -0.0800. The lowest BCUT2D eigenvalue weighted by Crippen LogP contribution is -2.38. The molecule has 0 heterocycles. The minimum absolute atomic E-state index is 0.394. The van der Waals surface area contributed by atoms with Gasteiger partial charge in [0.1, 0.15) is 0 Å². The number of hydrogen-bond donors (Lipinski definition) is 0. The van der Waals surface area contributed by atoms with Crippen molar-refractivity contribution in [1.29, 1.82) is 0 Å². The van der Waals surface area contributed by atoms with Gasteiger partial charge in [-0.15, -0.1) is 0 Å². The molecule has 0 aliphatic carbocycles. The van der Waals surface area contributed by atoms with Crippen molar-refractivity contribution in [2.24, 2.45) is 5.92 Å². The summed E-state index contributed by atoms with van der Waals surface area (Å²) in [7, 11) is 0. The SMILES string of the molecule is CCCCCOC(C)(OCCCCC)C(C)C. The number of ether oxygens (including phenoxy) is 2. The van der Waals surface area contributed by atoms with Crippen molar-refractivity contribution >= 4 is 0 Å². The van der Waals surface area contributed by atoms with Crippen molar-refractivity contribution in [2.75, 3.05) is 13.2 Å². The fraction of sp³-hybridized carbons (Fsp3) is 1.00. The lowest BCUT2D eigenvalue weighted by Gasteiger charge is -2.34.